The van der Waals surface area contributed by atoms with Crippen LogP contribution in [-0.4, -0.2) is 25.9 Å². The van der Waals surface area contributed by atoms with E-state index in [1.165, 1.54) is 16.0 Å². The number of aryl methyl sites for hydroxylation is 2. The fourth-order valence-corrected chi connectivity index (χ4v) is 4.02. The highest BCUT2D eigenvalue weighted by molar-refractivity contribution is 7.15. The summed E-state index contributed by atoms with van der Waals surface area (Å²) in [6.07, 6.45) is 2.53. The predicted molar refractivity (Wildman–Crippen MR) is 118 cm³/mol. The van der Waals surface area contributed by atoms with Crippen LogP contribution in [0.15, 0.2) is 53.5 Å². The highest BCUT2D eigenvalue weighted by atomic mass is 35.5. The highest BCUT2D eigenvalue weighted by Gasteiger charge is 2.10. The van der Waals surface area contributed by atoms with Gasteiger partial charge in [0.15, 0.2) is 5.13 Å². The van der Waals surface area contributed by atoms with Crippen molar-refractivity contribution in [2.75, 3.05) is 5.32 Å². The molecule has 9 heteroatoms. The number of halogens is 1. The molecule has 2 aromatic heterocycles. The number of amides is 1. The first-order valence-electron chi connectivity index (χ1n) is 9.32. The van der Waals surface area contributed by atoms with Gasteiger partial charge in [0.2, 0.25) is 5.91 Å². The van der Waals surface area contributed by atoms with Crippen molar-refractivity contribution in [3.05, 3.63) is 80.0 Å². The highest BCUT2D eigenvalue weighted by Crippen LogP contribution is 2.24. The summed E-state index contributed by atoms with van der Waals surface area (Å²) in [5.41, 5.74) is 2.39. The van der Waals surface area contributed by atoms with E-state index < -0.39 is 0 Å². The monoisotopic (exact) mass is 439 g/mol. The summed E-state index contributed by atoms with van der Waals surface area (Å²) in [7, 11) is 0. The topological polar surface area (TPSA) is 89.8 Å². The van der Waals surface area contributed by atoms with E-state index in [1.54, 1.807) is 30.5 Å². The first-order valence-corrected chi connectivity index (χ1v) is 10.5. The van der Waals surface area contributed by atoms with Crippen LogP contribution in [0.3, 0.4) is 0 Å². The quantitative estimate of drug-likeness (QED) is 0.493. The van der Waals surface area contributed by atoms with E-state index in [9.17, 15) is 9.59 Å². The number of hydrogen-bond acceptors (Lipinski definition) is 6. The Bertz CT molecular complexity index is 1280. The van der Waals surface area contributed by atoms with Crippen LogP contribution in [0.2, 0.25) is 5.02 Å². The van der Waals surface area contributed by atoms with Gasteiger partial charge in [0.1, 0.15) is 5.52 Å². The second-order valence-corrected chi connectivity index (χ2v) is 8.35. The number of hydrogen-bond donors (Lipinski definition) is 1. The van der Waals surface area contributed by atoms with Gasteiger partial charge in [-0.3, -0.25) is 9.59 Å². The average Bonchev–Trinajstić information content (AvgIpc) is 3.17. The molecule has 1 N–H and O–H groups in total. The molecule has 0 fully saturated rings. The molecule has 30 heavy (non-hydrogen) atoms. The molecule has 0 aliphatic rings. The van der Waals surface area contributed by atoms with Crippen LogP contribution in [-0.2, 0) is 17.8 Å². The van der Waals surface area contributed by atoms with Crippen LogP contribution in [0.25, 0.3) is 10.9 Å². The number of carbonyl (C=O) groups excluding carboxylic acids is 1. The molecule has 0 aliphatic heterocycles. The maximum Gasteiger partial charge on any atom is 0.277 e. The maximum absolute atomic E-state index is 12.4. The minimum absolute atomic E-state index is 0.0927. The summed E-state index contributed by atoms with van der Waals surface area (Å²) in [5.74, 6) is -0.240. The van der Waals surface area contributed by atoms with E-state index in [0.717, 1.165) is 21.0 Å². The lowest BCUT2D eigenvalue weighted by Gasteiger charge is -2.05. The van der Waals surface area contributed by atoms with Crippen LogP contribution < -0.4 is 10.9 Å². The minimum atomic E-state index is -0.262. The second-order valence-electron chi connectivity index (χ2n) is 6.83. The number of aromatic nitrogens is 4. The molecule has 0 atom stereocenters. The first kappa shape index (κ1) is 20.2. The zero-order valence-electron chi connectivity index (χ0n) is 16.1. The van der Waals surface area contributed by atoms with Crippen LogP contribution in [0.4, 0.5) is 5.13 Å². The van der Waals surface area contributed by atoms with Crippen LogP contribution in [0.1, 0.15) is 22.4 Å². The van der Waals surface area contributed by atoms with Gasteiger partial charge in [0, 0.05) is 28.9 Å². The minimum Gasteiger partial charge on any atom is -0.302 e. The molecular weight excluding hydrogens is 422 g/mol. The normalized spacial score (nSPS) is 11.0. The average molecular weight is 440 g/mol. The molecule has 4 rings (SSSR count). The van der Waals surface area contributed by atoms with Crippen LogP contribution >= 0.6 is 22.9 Å². The molecule has 152 valence electrons. The lowest BCUT2D eigenvalue weighted by atomic mass is 10.1. The summed E-state index contributed by atoms with van der Waals surface area (Å²) in [5, 5.41) is 12.4. The molecular formula is C21H18ClN5O2S. The second kappa shape index (κ2) is 8.73. The maximum atomic E-state index is 12.4. The molecule has 4 aromatic rings. The Morgan fingerprint density at radius 3 is 2.90 bits per heavy atom. The summed E-state index contributed by atoms with van der Waals surface area (Å²) in [6, 6.07) is 12.9. The zero-order valence-corrected chi connectivity index (χ0v) is 17.7. The molecule has 2 heterocycles. The molecule has 0 bridgehead atoms. The molecule has 1 amide bonds. The van der Waals surface area contributed by atoms with Crippen molar-refractivity contribution in [1.82, 2.24) is 20.0 Å². The van der Waals surface area contributed by atoms with E-state index in [2.05, 4.69) is 20.6 Å². The molecule has 0 spiro atoms. The number of benzene rings is 2. The van der Waals surface area contributed by atoms with Gasteiger partial charge in [-0.15, -0.1) is 16.4 Å². The van der Waals surface area contributed by atoms with Gasteiger partial charge in [-0.2, -0.15) is 0 Å². The third-order valence-corrected chi connectivity index (χ3v) is 5.91. The Balaban J connectivity index is 1.36. The van der Waals surface area contributed by atoms with E-state index in [-0.39, 0.29) is 24.4 Å². The summed E-state index contributed by atoms with van der Waals surface area (Å²) in [6.45, 7) is 2.10. The lowest BCUT2D eigenvalue weighted by Crippen LogP contribution is -2.26. The largest absolute Gasteiger partial charge is 0.302 e. The first-order chi connectivity index (χ1) is 14.5. The van der Waals surface area contributed by atoms with Crippen molar-refractivity contribution in [3.8, 4) is 0 Å². The Morgan fingerprint density at radius 2 is 2.07 bits per heavy atom. The van der Waals surface area contributed by atoms with E-state index in [0.29, 0.717) is 22.5 Å². The Morgan fingerprint density at radius 1 is 1.23 bits per heavy atom. The van der Waals surface area contributed by atoms with E-state index in [1.807, 2.05) is 25.1 Å². The summed E-state index contributed by atoms with van der Waals surface area (Å²) < 4.78 is 1.20. The number of nitrogens with zero attached hydrogens (tertiary/aromatic N) is 4. The number of fused-ring (bicyclic) bond motifs is 1. The smallest absolute Gasteiger partial charge is 0.277 e. The number of carbonyl (C=O) groups is 1. The van der Waals surface area contributed by atoms with Crippen molar-refractivity contribution in [3.63, 3.8) is 0 Å². The van der Waals surface area contributed by atoms with Gasteiger partial charge in [-0.25, -0.2) is 9.67 Å². The van der Waals surface area contributed by atoms with Crippen molar-refractivity contribution in [1.29, 1.82) is 0 Å². The predicted octanol–water partition coefficient (Wildman–Crippen LogP) is 3.83. The van der Waals surface area contributed by atoms with Gasteiger partial charge < -0.3 is 5.32 Å². The van der Waals surface area contributed by atoms with E-state index in [4.69, 9.17) is 11.6 Å². The van der Waals surface area contributed by atoms with Crippen LogP contribution in [0.5, 0.6) is 0 Å². The lowest BCUT2D eigenvalue weighted by molar-refractivity contribution is -0.116. The molecule has 0 saturated carbocycles. The van der Waals surface area contributed by atoms with Gasteiger partial charge in [0.05, 0.1) is 11.9 Å². The standard InChI is InChI=1S/C21H18ClN5O2S/c1-13-6-7-14(11-17(13)22)10-15-12-23-21(30-15)24-19(28)8-9-27-20(29)16-4-2-3-5-18(16)25-26-27/h2-7,11-12H,8-10H2,1H3,(H,23,24,28). The van der Waals surface area contributed by atoms with Gasteiger partial charge >= 0.3 is 0 Å². The van der Waals surface area contributed by atoms with Crippen molar-refractivity contribution >= 4 is 44.9 Å². The fourth-order valence-electron chi connectivity index (χ4n) is 2.95. The molecule has 7 nitrogen and oxygen atoms in total. The third kappa shape index (κ3) is 4.55. The Labute approximate surface area is 181 Å². The SMILES string of the molecule is Cc1ccc(Cc2cnc(NC(=O)CCn3nnc4ccccc4c3=O)s2)cc1Cl. The van der Waals surface area contributed by atoms with Gasteiger partial charge in [0.25, 0.3) is 5.56 Å². The molecule has 2 aromatic carbocycles. The van der Waals surface area contributed by atoms with Gasteiger partial charge in [-0.1, -0.05) is 41.1 Å². The van der Waals surface area contributed by atoms with Crippen molar-refractivity contribution in [2.24, 2.45) is 0 Å². The number of rotatable bonds is 6. The molecule has 0 aliphatic carbocycles. The number of nitrogens with one attached hydrogen (secondary N) is 1. The fraction of sp³-hybridized carbons (Fsp3) is 0.190. The molecule has 0 radical (unpaired) electrons. The van der Waals surface area contributed by atoms with Gasteiger partial charge in [-0.05, 0) is 36.2 Å². The van der Waals surface area contributed by atoms with Crippen molar-refractivity contribution in [2.45, 2.75) is 26.3 Å². The molecule has 0 unspecified atom stereocenters. The van der Waals surface area contributed by atoms with Crippen molar-refractivity contribution < 1.29 is 4.79 Å². The van der Waals surface area contributed by atoms with Crippen LogP contribution in [0, 0.1) is 6.92 Å². The zero-order chi connectivity index (χ0) is 21.1. The number of thiazole rings is 1. The third-order valence-electron chi connectivity index (χ3n) is 4.59. The van der Waals surface area contributed by atoms with E-state index >= 15 is 0 Å². The molecule has 0 saturated heterocycles. The Hall–Kier alpha value is -3.10. The number of anilines is 1. The summed E-state index contributed by atoms with van der Waals surface area (Å²) in [4.78, 5) is 30.0. The summed E-state index contributed by atoms with van der Waals surface area (Å²) >= 11 is 7.59. The Kier molecular flexibility index (Phi) is 5.87.